The summed E-state index contributed by atoms with van der Waals surface area (Å²) >= 11 is 0. The zero-order valence-corrected chi connectivity index (χ0v) is 10.1. The van der Waals surface area contributed by atoms with E-state index in [2.05, 4.69) is 35.8 Å². The van der Waals surface area contributed by atoms with Gasteiger partial charge < -0.3 is 5.32 Å². The van der Waals surface area contributed by atoms with Gasteiger partial charge in [0.15, 0.2) is 0 Å². The van der Waals surface area contributed by atoms with Crippen LogP contribution in [-0.2, 0) is 17.6 Å². The molecular formula is C14H18N2O. The molecule has 1 fully saturated rings. The standard InChI is InChI=1S/C14H18N2O/c1-9-8-15-14(17)13(16-9)12-6-5-10-3-2-4-11(10)7-12/h5-7,9,13,16H,2-4,8H2,1H3,(H,15,17). The van der Waals surface area contributed by atoms with Crippen LogP contribution in [0.5, 0.6) is 0 Å². The summed E-state index contributed by atoms with van der Waals surface area (Å²) in [5.74, 6) is 0.0982. The van der Waals surface area contributed by atoms with Gasteiger partial charge in [0.25, 0.3) is 0 Å². The predicted molar refractivity (Wildman–Crippen MR) is 66.8 cm³/mol. The maximum absolute atomic E-state index is 11.9. The summed E-state index contributed by atoms with van der Waals surface area (Å²) in [6, 6.07) is 6.65. The van der Waals surface area contributed by atoms with Gasteiger partial charge in [0.2, 0.25) is 5.91 Å². The van der Waals surface area contributed by atoms with Gasteiger partial charge in [-0.05, 0) is 42.9 Å². The molecule has 1 aromatic rings. The van der Waals surface area contributed by atoms with Gasteiger partial charge in [0.05, 0.1) is 0 Å². The number of hydrogen-bond donors (Lipinski definition) is 2. The van der Waals surface area contributed by atoms with E-state index in [1.807, 2.05) is 0 Å². The van der Waals surface area contributed by atoms with Gasteiger partial charge in [0, 0.05) is 12.6 Å². The first-order chi connectivity index (χ1) is 8.24. The van der Waals surface area contributed by atoms with E-state index in [0.717, 1.165) is 18.5 Å². The second-order valence-electron chi connectivity index (χ2n) is 5.13. The minimum absolute atomic E-state index is 0.0982. The third kappa shape index (κ3) is 1.95. The highest BCUT2D eigenvalue weighted by molar-refractivity contribution is 5.84. The van der Waals surface area contributed by atoms with Crippen LogP contribution in [0.4, 0.5) is 0 Å². The summed E-state index contributed by atoms with van der Waals surface area (Å²) in [5, 5.41) is 6.31. The average molecular weight is 230 g/mol. The number of rotatable bonds is 1. The van der Waals surface area contributed by atoms with Crippen molar-refractivity contribution in [3.8, 4) is 0 Å². The Morgan fingerprint density at radius 1 is 1.24 bits per heavy atom. The lowest BCUT2D eigenvalue weighted by Gasteiger charge is -2.29. The van der Waals surface area contributed by atoms with E-state index in [1.165, 1.54) is 24.0 Å². The third-order valence-electron chi connectivity index (χ3n) is 3.75. The number of carbonyl (C=O) groups is 1. The van der Waals surface area contributed by atoms with Gasteiger partial charge in [-0.15, -0.1) is 0 Å². The zero-order chi connectivity index (χ0) is 11.8. The molecule has 1 saturated heterocycles. The van der Waals surface area contributed by atoms with E-state index in [-0.39, 0.29) is 11.9 Å². The summed E-state index contributed by atoms with van der Waals surface area (Å²) in [7, 11) is 0. The Kier molecular flexibility index (Phi) is 2.63. The normalized spacial score (nSPS) is 27.7. The second-order valence-corrected chi connectivity index (χ2v) is 5.13. The largest absolute Gasteiger partial charge is 0.353 e. The van der Waals surface area contributed by atoms with E-state index >= 15 is 0 Å². The minimum atomic E-state index is -0.176. The maximum atomic E-state index is 11.9. The van der Waals surface area contributed by atoms with Crippen LogP contribution in [0.1, 0.15) is 36.1 Å². The number of nitrogens with one attached hydrogen (secondary N) is 2. The van der Waals surface area contributed by atoms with Crippen molar-refractivity contribution in [2.75, 3.05) is 6.54 Å². The average Bonchev–Trinajstić information content (AvgIpc) is 2.79. The van der Waals surface area contributed by atoms with Crippen LogP contribution in [0.2, 0.25) is 0 Å². The fraction of sp³-hybridized carbons (Fsp3) is 0.500. The van der Waals surface area contributed by atoms with E-state index in [0.29, 0.717) is 6.04 Å². The molecule has 2 unspecified atom stereocenters. The lowest BCUT2D eigenvalue weighted by atomic mass is 9.98. The van der Waals surface area contributed by atoms with Crippen LogP contribution < -0.4 is 10.6 Å². The number of carbonyl (C=O) groups excluding carboxylic acids is 1. The summed E-state index contributed by atoms with van der Waals surface area (Å²) < 4.78 is 0. The molecule has 0 radical (unpaired) electrons. The van der Waals surface area contributed by atoms with Gasteiger partial charge in [-0.3, -0.25) is 10.1 Å². The van der Waals surface area contributed by atoms with Crippen molar-refractivity contribution in [2.45, 2.75) is 38.3 Å². The van der Waals surface area contributed by atoms with Gasteiger partial charge in [0.1, 0.15) is 6.04 Å². The van der Waals surface area contributed by atoms with Crippen LogP contribution in [-0.4, -0.2) is 18.5 Å². The Labute approximate surface area is 102 Å². The molecule has 1 aromatic carbocycles. The quantitative estimate of drug-likeness (QED) is 0.764. The Bertz CT molecular complexity index is 456. The Morgan fingerprint density at radius 3 is 2.94 bits per heavy atom. The van der Waals surface area contributed by atoms with Crippen molar-refractivity contribution in [1.29, 1.82) is 0 Å². The smallest absolute Gasteiger partial charge is 0.241 e. The van der Waals surface area contributed by atoms with Gasteiger partial charge >= 0.3 is 0 Å². The van der Waals surface area contributed by atoms with Gasteiger partial charge in [-0.25, -0.2) is 0 Å². The molecule has 0 saturated carbocycles. The number of piperazine rings is 1. The van der Waals surface area contributed by atoms with Crippen molar-refractivity contribution in [2.24, 2.45) is 0 Å². The van der Waals surface area contributed by atoms with Gasteiger partial charge in [-0.1, -0.05) is 18.2 Å². The van der Waals surface area contributed by atoms with Crippen LogP contribution >= 0.6 is 0 Å². The Balaban J connectivity index is 1.90. The first-order valence-electron chi connectivity index (χ1n) is 6.39. The second kappa shape index (κ2) is 4.15. The fourth-order valence-electron chi connectivity index (χ4n) is 2.79. The van der Waals surface area contributed by atoms with Crippen molar-refractivity contribution in [3.63, 3.8) is 0 Å². The van der Waals surface area contributed by atoms with Crippen molar-refractivity contribution in [3.05, 3.63) is 34.9 Å². The molecular weight excluding hydrogens is 212 g/mol. The van der Waals surface area contributed by atoms with Crippen molar-refractivity contribution in [1.82, 2.24) is 10.6 Å². The Morgan fingerprint density at radius 2 is 2.06 bits per heavy atom. The molecule has 3 heteroatoms. The summed E-state index contributed by atoms with van der Waals surface area (Å²) in [5.41, 5.74) is 3.99. The van der Waals surface area contributed by atoms with Crippen LogP contribution in [0.3, 0.4) is 0 Å². The topological polar surface area (TPSA) is 41.1 Å². The number of benzene rings is 1. The fourth-order valence-corrected chi connectivity index (χ4v) is 2.79. The summed E-state index contributed by atoms with van der Waals surface area (Å²) in [6.07, 6.45) is 3.60. The molecule has 0 aromatic heterocycles. The van der Waals surface area contributed by atoms with E-state index < -0.39 is 0 Å². The molecule has 3 nitrogen and oxygen atoms in total. The molecule has 17 heavy (non-hydrogen) atoms. The maximum Gasteiger partial charge on any atom is 0.241 e. The van der Waals surface area contributed by atoms with Crippen LogP contribution in [0.15, 0.2) is 18.2 Å². The highest BCUT2D eigenvalue weighted by Crippen LogP contribution is 2.26. The van der Waals surface area contributed by atoms with Crippen LogP contribution in [0, 0.1) is 0 Å². The molecule has 1 aliphatic heterocycles. The van der Waals surface area contributed by atoms with Crippen molar-refractivity contribution >= 4 is 5.91 Å². The van der Waals surface area contributed by atoms with E-state index in [4.69, 9.17) is 0 Å². The molecule has 1 heterocycles. The minimum Gasteiger partial charge on any atom is -0.353 e. The monoisotopic (exact) mass is 230 g/mol. The first kappa shape index (κ1) is 10.8. The SMILES string of the molecule is CC1CNC(=O)C(c2ccc3c(c2)CCC3)N1. The predicted octanol–water partition coefficient (Wildman–Crippen LogP) is 1.32. The molecule has 3 rings (SSSR count). The molecule has 1 amide bonds. The molecule has 90 valence electrons. The molecule has 2 aliphatic rings. The highest BCUT2D eigenvalue weighted by atomic mass is 16.2. The first-order valence-corrected chi connectivity index (χ1v) is 6.39. The number of aryl methyl sites for hydroxylation is 2. The molecule has 0 bridgehead atoms. The highest BCUT2D eigenvalue weighted by Gasteiger charge is 2.27. The molecule has 2 atom stereocenters. The molecule has 2 N–H and O–H groups in total. The molecule has 1 aliphatic carbocycles. The number of fused-ring (bicyclic) bond motifs is 1. The van der Waals surface area contributed by atoms with Crippen LogP contribution in [0.25, 0.3) is 0 Å². The van der Waals surface area contributed by atoms with E-state index in [9.17, 15) is 4.79 Å². The lowest BCUT2D eigenvalue weighted by molar-refractivity contribution is -0.125. The van der Waals surface area contributed by atoms with Crippen molar-refractivity contribution < 1.29 is 4.79 Å². The molecule has 0 spiro atoms. The summed E-state index contributed by atoms with van der Waals surface area (Å²) in [4.78, 5) is 11.9. The zero-order valence-electron chi connectivity index (χ0n) is 10.1. The number of hydrogen-bond acceptors (Lipinski definition) is 2. The Hall–Kier alpha value is -1.35. The summed E-state index contributed by atoms with van der Waals surface area (Å²) in [6.45, 7) is 2.82. The lowest BCUT2D eigenvalue weighted by Crippen LogP contribution is -2.52. The third-order valence-corrected chi connectivity index (χ3v) is 3.75. The van der Waals surface area contributed by atoms with Gasteiger partial charge in [-0.2, -0.15) is 0 Å². The van der Waals surface area contributed by atoms with E-state index in [1.54, 1.807) is 0 Å². The number of amides is 1.